The molecule has 0 bridgehead atoms. The summed E-state index contributed by atoms with van der Waals surface area (Å²) in [6.45, 7) is 0.304. The van der Waals surface area contributed by atoms with E-state index in [9.17, 15) is 0 Å². The molecule has 0 fully saturated rings. The second-order valence-electron chi connectivity index (χ2n) is 7.75. The van der Waals surface area contributed by atoms with Gasteiger partial charge in [-0.05, 0) is 0 Å². The van der Waals surface area contributed by atoms with E-state index in [1.165, 1.54) is 56.9 Å². The average molecular weight is 477 g/mol. The van der Waals surface area contributed by atoms with Gasteiger partial charge in [-0.2, -0.15) is 46.5 Å². The number of fused-ring (bicyclic) bond motifs is 2. The molecule has 0 amide bonds. The molecule has 4 heteroatoms. The van der Waals surface area contributed by atoms with E-state index in [1.807, 2.05) is 6.07 Å². The van der Waals surface area contributed by atoms with Crippen LogP contribution in [0.1, 0.15) is 53.5 Å². The van der Waals surface area contributed by atoms with Gasteiger partial charge in [0.05, 0.1) is 0 Å². The van der Waals surface area contributed by atoms with E-state index in [0.717, 1.165) is 6.04 Å². The first-order chi connectivity index (χ1) is 14.2. The molecular weight excluding hydrogens is 447 g/mol. The average Bonchev–Trinajstić information content (AvgIpc) is 3.43. The Morgan fingerprint density at radius 3 is 1.72 bits per heavy atom. The Morgan fingerprint density at radius 2 is 1.24 bits per heavy atom. The van der Waals surface area contributed by atoms with Crippen molar-refractivity contribution in [2.24, 2.45) is 0 Å². The van der Waals surface area contributed by atoms with E-state index >= 15 is 0 Å². The van der Waals surface area contributed by atoms with Crippen LogP contribution in [0.25, 0.3) is 0 Å². The number of aryl methyl sites for hydroxylation is 4. The summed E-state index contributed by atoms with van der Waals surface area (Å²) in [4.78, 5) is 0. The first-order valence-electron chi connectivity index (χ1n) is 10.7. The van der Waals surface area contributed by atoms with Crippen LogP contribution >= 0.6 is 18.6 Å². The smallest absolute Gasteiger partial charge is 0.0512 e. The first-order valence-corrected chi connectivity index (χ1v) is 19.1. The standard InChI is InChI=1S/2C9H11.C7H8Si.2ClH.Ti/c2*1-2-5-9-7-3-6-8(9)4-1;8-6-7-4-2-1-3-5-7;;;/h2*3,6-7H,1-2,4-5H2;1-5,8H,6H2;2*1H;/q2*-1;;;;+2/p-2. The van der Waals surface area contributed by atoms with Crippen molar-refractivity contribution in [3.8, 4) is 0 Å². The van der Waals surface area contributed by atoms with E-state index in [4.69, 9.17) is 18.6 Å². The van der Waals surface area contributed by atoms with Crippen LogP contribution in [0.3, 0.4) is 0 Å². The summed E-state index contributed by atoms with van der Waals surface area (Å²) in [6.07, 6.45) is 10.9. The molecule has 3 aromatic carbocycles. The number of hydrogen-bond donors (Lipinski definition) is 0. The number of hydrogen-bond acceptors (Lipinski definition) is 0. The monoisotopic (exact) mass is 476 g/mol. The van der Waals surface area contributed by atoms with Crippen molar-refractivity contribution >= 4 is 25.5 Å². The first kappa shape index (κ1) is 23.1. The van der Waals surface area contributed by atoms with E-state index in [1.54, 1.807) is 22.3 Å². The third-order valence-electron chi connectivity index (χ3n) is 5.63. The van der Waals surface area contributed by atoms with Crippen LogP contribution in [0.5, 0.6) is 0 Å². The Hall–Kier alpha value is -0.569. The zero-order valence-electron chi connectivity index (χ0n) is 17.0. The molecule has 0 saturated heterocycles. The van der Waals surface area contributed by atoms with Gasteiger partial charge < -0.3 is 0 Å². The number of rotatable bonds is 2. The Morgan fingerprint density at radius 1 is 0.724 bits per heavy atom. The van der Waals surface area contributed by atoms with Crippen molar-refractivity contribution in [3.63, 3.8) is 0 Å². The van der Waals surface area contributed by atoms with Gasteiger partial charge in [-0.1, -0.05) is 51.4 Å². The molecule has 0 spiro atoms. The summed E-state index contributed by atoms with van der Waals surface area (Å²) in [5.41, 5.74) is 7.76. The summed E-state index contributed by atoms with van der Waals surface area (Å²) in [7, 11) is 11.6. The van der Waals surface area contributed by atoms with Gasteiger partial charge in [0.25, 0.3) is 0 Å². The van der Waals surface area contributed by atoms with Gasteiger partial charge in [0, 0.05) is 0 Å². The van der Waals surface area contributed by atoms with Crippen LogP contribution < -0.4 is 0 Å². The summed E-state index contributed by atoms with van der Waals surface area (Å²) >= 11 is -1.54. The molecule has 154 valence electrons. The van der Waals surface area contributed by atoms with Crippen molar-refractivity contribution in [1.29, 1.82) is 0 Å². The minimum absolute atomic E-state index is 0.304. The SMILES string of the molecule is [Cl][Ti]([Cl])=[SiH]Cc1ccccc1.c1cc2c([cH-]1)CCCC2.c1cc2c([cH-]1)CCCC2. The van der Waals surface area contributed by atoms with Gasteiger partial charge in [0.15, 0.2) is 0 Å². The molecule has 0 radical (unpaired) electrons. The molecule has 2 aliphatic carbocycles. The molecule has 0 aliphatic heterocycles. The second-order valence-corrected chi connectivity index (χ2v) is 20.9. The summed E-state index contributed by atoms with van der Waals surface area (Å²) < 4.78 is 0. The van der Waals surface area contributed by atoms with Gasteiger partial charge in [-0.15, -0.1) is 0 Å². The van der Waals surface area contributed by atoms with E-state index in [-0.39, 0.29) is 0 Å². The molecule has 0 unspecified atom stereocenters. The van der Waals surface area contributed by atoms with Crippen LogP contribution in [-0.4, -0.2) is 6.91 Å². The van der Waals surface area contributed by atoms with Crippen molar-refractivity contribution in [2.75, 3.05) is 0 Å². The number of benzene rings is 1. The minimum Gasteiger partial charge on any atom is -0.210 e. The molecule has 3 aromatic rings. The van der Waals surface area contributed by atoms with E-state index in [0.29, 0.717) is 6.91 Å². The maximum Gasteiger partial charge on any atom is -0.0512 e. The third-order valence-corrected chi connectivity index (χ3v) is 12.8. The van der Waals surface area contributed by atoms with Crippen molar-refractivity contribution in [3.05, 3.63) is 94.5 Å². The van der Waals surface area contributed by atoms with Crippen LogP contribution in [0, 0.1) is 0 Å². The fraction of sp³-hybridized carbons (Fsp3) is 0.360. The minimum atomic E-state index is -1.54. The van der Waals surface area contributed by atoms with E-state index < -0.39 is 14.5 Å². The van der Waals surface area contributed by atoms with Crippen molar-refractivity contribution in [1.82, 2.24) is 0 Å². The third kappa shape index (κ3) is 8.23. The normalized spacial score (nSPS) is 14.3. The van der Waals surface area contributed by atoms with Gasteiger partial charge >= 0.3 is 81.9 Å². The Balaban J connectivity index is 0.000000125. The van der Waals surface area contributed by atoms with Crippen LogP contribution in [-0.2, 0) is 46.2 Å². The van der Waals surface area contributed by atoms with Crippen molar-refractivity contribution < 1.29 is 14.5 Å². The Kier molecular flexibility index (Phi) is 10.3. The molecule has 5 rings (SSSR count). The molecule has 0 saturated carbocycles. The van der Waals surface area contributed by atoms with Crippen LogP contribution in [0.4, 0.5) is 0 Å². The second kappa shape index (κ2) is 13.0. The van der Waals surface area contributed by atoms with Crippen LogP contribution in [0.15, 0.2) is 66.7 Å². The van der Waals surface area contributed by atoms with Gasteiger partial charge in [-0.3, -0.25) is 0 Å². The van der Waals surface area contributed by atoms with E-state index in [2.05, 4.69) is 60.7 Å². The fourth-order valence-corrected chi connectivity index (χ4v) is 8.43. The maximum absolute atomic E-state index is 5.80. The largest absolute Gasteiger partial charge is 0.210 e. The number of halogens is 2. The summed E-state index contributed by atoms with van der Waals surface area (Å²) in [5, 5.41) is 0. The zero-order chi connectivity index (χ0) is 20.3. The predicted octanol–water partition coefficient (Wildman–Crippen LogP) is 7.03. The topological polar surface area (TPSA) is 0 Å². The van der Waals surface area contributed by atoms with Crippen LogP contribution in [0.2, 0.25) is 0 Å². The fourth-order valence-electron chi connectivity index (χ4n) is 4.04. The summed E-state index contributed by atoms with van der Waals surface area (Å²) in [5.74, 6) is 0. The quantitative estimate of drug-likeness (QED) is 0.275. The summed E-state index contributed by atoms with van der Waals surface area (Å²) in [6, 6.07) is 24.9. The zero-order valence-corrected chi connectivity index (χ0v) is 21.3. The van der Waals surface area contributed by atoms with Gasteiger partial charge in [0.1, 0.15) is 0 Å². The molecule has 0 heterocycles. The van der Waals surface area contributed by atoms with Crippen molar-refractivity contribution in [2.45, 2.75) is 57.4 Å². The Bertz CT molecular complexity index is 788. The molecule has 0 N–H and O–H groups in total. The van der Waals surface area contributed by atoms with Gasteiger partial charge in [0.2, 0.25) is 0 Å². The molecular formula is C25H30Cl2SiTi-2. The molecule has 0 aromatic heterocycles. The van der Waals surface area contributed by atoms with Gasteiger partial charge in [-0.25, -0.2) is 12.1 Å². The molecule has 0 atom stereocenters. The Labute approximate surface area is 191 Å². The molecule has 29 heavy (non-hydrogen) atoms. The predicted molar refractivity (Wildman–Crippen MR) is 126 cm³/mol. The maximum atomic E-state index is 5.80. The molecule has 2 aliphatic rings. The molecule has 0 nitrogen and oxygen atoms in total.